The molecule has 0 amide bonds. The van der Waals surface area contributed by atoms with Gasteiger partial charge in [-0.3, -0.25) is 4.79 Å². The molecule has 0 aliphatic heterocycles. The fourth-order valence-electron chi connectivity index (χ4n) is 1.83. The first-order chi connectivity index (χ1) is 8.50. The molecule has 112 valence electrons. The molecule has 5 heteroatoms. The van der Waals surface area contributed by atoms with Gasteiger partial charge in [0.15, 0.2) is 6.10 Å². The number of hydrogen-bond acceptors (Lipinski definition) is 5. The van der Waals surface area contributed by atoms with Crippen molar-refractivity contribution in [3.63, 3.8) is 0 Å². The summed E-state index contributed by atoms with van der Waals surface area (Å²) in [6.07, 6.45) is -0.917. The monoisotopic (exact) mass is 274 g/mol. The summed E-state index contributed by atoms with van der Waals surface area (Å²) in [6, 6.07) is 0. The largest absolute Gasteiger partial charge is 0.469 e. The fraction of sp³-hybridized carbons (Fsp3) is 0.857. The number of carbonyl (C=O) groups excluding carboxylic acids is 2. The van der Waals surface area contributed by atoms with Crippen molar-refractivity contribution in [2.24, 2.45) is 11.3 Å². The first kappa shape index (κ1) is 17.9. The molecule has 0 aromatic rings. The van der Waals surface area contributed by atoms with Crippen molar-refractivity contribution in [3.8, 4) is 0 Å². The highest BCUT2D eigenvalue weighted by atomic mass is 16.6. The maximum atomic E-state index is 12.0. The van der Waals surface area contributed by atoms with Gasteiger partial charge >= 0.3 is 11.9 Å². The predicted molar refractivity (Wildman–Crippen MR) is 71.4 cm³/mol. The molecule has 3 atom stereocenters. The van der Waals surface area contributed by atoms with Crippen LogP contribution in [-0.4, -0.2) is 35.9 Å². The van der Waals surface area contributed by atoms with E-state index < -0.39 is 29.1 Å². The van der Waals surface area contributed by atoms with Gasteiger partial charge in [0.25, 0.3) is 0 Å². The summed E-state index contributed by atoms with van der Waals surface area (Å²) >= 11 is 0. The lowest BCUT2D eigenvalue weighted by atomic mass is 9.72. The van der Waals surface area contributed by atoms with Gasteiger partial charge in [0.2, 0.25) is 0 Å². The fourth-order valence-corrected chi connectivity index (χ4v) is 1.83. The van der Waals surface area contributed by atoms with E-state index in [9.17, 15) is 14.7 Å². The van der Waals surface area contributed by atoms with Crippen LogP contribution in [0.1, 0.15) is 48.0 Å². The van der Waals surface area contributed by atoms with Crippen molar-refractivity contribution in [3.05, 3.63) is 0 Å². The summed E-state index contributed by atoms with van der Waals surface area (Å²) in [4.78, 5) is 23.9. The first-order valence-electron chi connectivity index (χ1n) is 6.50. The van der Waals surface area contributed by atoms with Gasteiger partial charge in [-0.1, -0.05) is 20.3 Å². The Balaban J connectivity index is 5.29. The number of hydrogen-bond donors (Lipinski definition) is 1. The lowest BCUT2D eigenvalue weighted by molar-refractivity contribution is -0.185. The quantitative estimate of drug-likeness (QED) is 0.775. The van der Waals surface area contributed by atoms with Crippen LogP contribution in [0.15, 0.2) is 0 Å². The molecule has 0 aromatic heterocycles. The average Bonchev–Trinajstić information content (AvgIpc) is 2.32. The van der Waals surface area contributed by atoms with Gasteiger partial charge in [0.05, 0.1) is 7.11 Å². The minimum atomic E-state index is -1.55. The normalized spacial score (nSPS) is 18.1. The van der Waals surface area contributed by atoms with Crippen LogP contribution in [0.4, 0.5) is 0 Å². The van der Waals surface area contributed by atoms with Gasteiger partial charge in [-0.25, -0.2) is 4.79 Å². The highest BCUT2D eigenvalue weighted by Gasteiger charge is 2.50. The molecule has 1 N–H and O–H groups in total. The number of carbonyl (C=O) groups is 2. The van der Waals surface area contributed by atoms with Crippen molar-refractivity contribution in [2.45, 2.75) is 59.7 Å². The number of esters is 2. The van der Waals surface area contributed by atoms with Crippen LogP contribution < -0.4 is 0 Å². The van der Waals surface area contributed by atoms with E-state index in [1.165, 1.54) is 14.0 Å². The molecule has 0 fully saturated rings. The van der Waals surface area contributed by atoms with Crippen molar-refractivity contribution in [1.29, 1.82) is 0 Å². The smallest absolute Gasteiger partial charge is 0.336 e. The first-order valence-corrected chi connectivity index (χ1v) is 6.50. The molecule has 5 nitrogen and oxygen atoms in total. The Bertz CT molecular complexity index is 331. The molecular weight excluding hydrogens is 248 g/mol. The summed E-state index contributed by atoms with van der Waals surface area (Å²) in [7, 11) is 1.24. The molecule has 0 aromatic carbocycles. The molecule has 0 bridgehead atoms. The Morgan fingerprint density at radius 1 is 1.21 bits per heavy atom. The minimum absolute atomic E-state index is 0.220. The zero-order valence-corrected chi connectivity index (χ0v) is 12.9. The maximum Gasteiger partial charge on any atom is 0.336 e. The van der Waals surface area contributed by atoms with Gasteiger partial charge in [0.1, 0.15) is 11.0 Å². The second-order valence-corrected chi connectivity index (χ2v) is 6.02. The molecule has 0 aliphatic carbocycles. The van der Waals surface area contributed by atoms with Crippen LogP contribution in [0.2, 0.25) is 0 Å². The summed E-state index contributed by atoms with van der Waals surface area (Å²) < 4.78 is 9.87. The third-order valence-corrected chi connectivity index (χ3v) is 3.46. The number of rotatable bonds is 5. The van der Waals surface area contributed by atoms with Crippen molar-refractivity contribution < 1.29 is 24.2 Å². The summed E-state index contributed by atoms with van der Waals surface area (Å²) in [5, 5.41) is 10.2. The summed E-state index contributed by atoms with van der Waals surface area (Å²) in [5.41, 5.74) is -2.03. The highest BCUT2D eigenvalue weighted by molar-refractivity contribution is 5.87. The van der Waals surface area contributed by atoms with Crippen LogP contribution in [0, 0.1) is 11.3 Å². The third kappa shape index (κ3) is 4.20. The van der Waals surface area contributed by atoms with Crippen LogP contribution in [0.5, 0.6) is 0 Å². The van der Waals surface area contributed by atoms with Crippen molar-refractivity contribution in [1.82, 2.24) is 0 Å². The van der Waals surface area contributed by atoms with Crippen LogP contribution in [0.3, 0.4) is 0 Å². The van der Waals surface area contributed by atoms with E-state index in [0.29, 0.717) is 6.42 Å². The van der Waals surface area contributed by atoms with Crippen molar-refractivity contribution >= 4 is 11.9 Å². The molecule has 0 saturated heterocycles. The lowest BCUT2D eigenvalue weighted by Gasteiger charge is -2.36. The molecule has 0 heterocycles. The Kier molecular flexibility index (Phi) is 6.00. The molecule has 0 unspecified atom stereocenters. The summed E-state index contributed by atoms with van der Waals surface area (Å²) in [6.45, 7) is 10.3. The Morgan fingerprint density at radius 2 is 1.68 bits per heavy atom. The van der Waals surface area contributed by atoms with Crippen molar-refractivity contribution in [2.75, 3.05) is 7.11 Å². The zero-order chi connectivity index (χ0) is 15.4. The minimum Gasteiger partial charge on any atom is -0.469 e. The lowest BCUT2D eigenvalue weighted by Crippen LogP contribution is -2.51. The third-order valence-electron chi connectivity index (χ3n) is 3.46. The molecule has 0 aliphatic rings. The van der Waals surface area contributed by atoms with Gasteiger partial charge in [-0.15, -0.1) is 0 Å². The van der Waals surface area contributed by atoms with Gasteiger partial charge in [-0.2, -0.15) is 0 Å². The van der Waals surface area contributed by atoms with Crippen LogP contribution in [-0.2, 0) is 19.1 Å². The van der Waals surface area contributed by atoms with Crippen LogP contribution >= 0.6 is 0 Å². The van der Waals surface area contributed by atoms with E-state index >= 15 is 0 Å². The number of aliphatic hydroxyl groups excluding tert-OH is 1. The number of aliphatic hydroxyl groups is 1. The molecular formula is C14H26O5. The highest BCUT2D eigenvalue weighted by Crippen LogP contribution is 2.36. The second kappa shape index (κ2) is 6.37. The molecule has 19 heavy (non-hydrogen) atoms. The van der Waals surface area contributed by atoms with E-state index in [0.717, 1.165) is 0 Å². The zero-order valence-electron chi connectivity index (χ0n) is 12.9. The van der Waals surface area contributed by atoms with E-state index in [-0.39, 0.29) is 5.92 Å². The Hall–Kier alpha value is -1.10. The standard InChI is InChI=1S/C14H26O5/c1-8-9(2)14(6,12(17)18-7)10(15)11(16)19-13(3,4)5/h9-10,15H,8H2,1-7H3/t9-,10-,14-/m0/s1. The van der Waals surface area contributed by atoms with Crippen LogP contribution in [0.25, 0.3) is 0 Å². The molecule has 0 rings (SSSR count). The second-order valence-electron chi connectivity index (χ2n) is 6.02. The van der Waals surface area contributed by atoms with E-state index in [2.05, 4.69) is 0 Å². The average molecular weight is 274 g/mol. The Morgan fingerprint density at radius 3 is 2.00 bits per heavy atom. The maximum absolute atomic E-state index is 12.0. The predicted octanol–water partition coefficient (Wildman–Crippen LogP) is 1.91. The molecule has 0 spiro atoms. The molecule has 0 saturated carbocycles. The van der Waals surface area contributed by atoms with Gasteiger partial charge in [0, 0.05) is 0 Å². The molecule has 0 radical (unpaired) electrons. The number of ether oxygens (including phenoxy) is 2. The Labute approximate surface area is 115 Å². The van der Waals surface area contributed by atoms with Gasteiger partial charge < -0.3 is 14.6 Å². The topological polar surface area (TPSA) is 72.8 Å². The van der Waals surface area contributed by atoms with Gasteiger partial charge in [-0.05, 0) is 33.6 Å². The van der Waals surface area contributed by atoms with E-state index in [1.807, 2.05) is 6.92 Å². The number of methoxy groups -OCH3 is 1. The van der Waals surface area contributed by atoms with E-state index in [1.54, 1.807) is 27.7 Å². The SMILES string of the molecule is CC[C@H](C)[C@](C)(C(=O)OC)[C@@H](O)C(=O)OC(C)(C)C. The summed E-state index contributed by atoms with van der Waals surface area (Å²) in [5.74, 6) is -1.64. The van der Waals surface area contributed by atoms with E-state index in [4.69, 9.17) is 9.47 Å².